The van der Waals surface area contributed by atoms with Gasteiger partial charge in [-0.05, 0) is 105 Å². The van der Waals surface area contributed by atoms with E-state index in [0.29, 0.717) is 23.2 Å². The van der Waals surface area contributed by atoms with E-state index >= 15 is 0 Å². The van der Waals surface area contributed by atoms with Crippen LogP contribution in [0.5, 0.6) is 5.75 Å². The van der Waals surface area contributed by atoms with E-state index in [0.717, 1.165) is 50.3 Å². The maximum Gasteiger partial charge on any atom is 0.251 e. The molecule has 0 unspecified atom stereocenters. The lowest BCUT2D eigenvalue weighted by molar-refractivity contribution is -0.261. The summed E-state index contributed by atoms with van der Waals surface area (Å²) in [6, 6.07) is 14.2. The van der Waals surface area contributed by atoms with Crippen molar-refractivity contribution in [1.29, 1.82) is 0 Å². The van der Waals surface area contributed by atoms with Crippen molar-refractivity contribution in [3.05, 3.63) is 64.2 Å². The van der Waals surface area contributed by atoms with E-state index < -0.39 is 0 Å². The molecule has 6 aliphatic rings. The molecule has 3 aliphatic heterocycles. The largest absolute Gasteiger partial charge is 0.497 e. The zero-order chi connectivity index (χ0) is 23.8. The summed E-state index contributed by atoms with van der Waals surface area (Å²) in [5, 5.41) is 4.08. The highest BCUT2D eigenvalue weighted by Crippen LogP contribution is 2.65. The second-order valence-corrected chi connectivity index (χ2v) is 12.0. The molecule has 3 aliphatic carbocycles. The van der Waals surface area contributed by atoms with Crippen LogP contribution in [0.3, 0.4) is 0 Å². The topological polar surface area (TPSA) is 50.8 Å². The molecule has 1 N–H and O–H groups in total. The minimum Gasteiger partial charge on any atom is -0.497 e. The molecule has 2 saturated carbocycles. The standard InChI is InChI=1S/C29H33ClN2O3/c1-34-23-9-6-21-14-25-29-11-10-27(18-35-29,31-26(33)20-4-7-22(30)8-5-20)17-28(29,24(21)15-23)12-13-32(25)16-19-2-3-19/h4-9,15,19,25H,2-3,10-14,16-18H2,1H3,(H,31,33)/t25-,27+,28-,29-/m1/s1. The second-order valence-electron chi connectivity index (χ2n) is 11.6. The number of rotatable bonds is 5. The number of nitrogens with one attached hydrogen (secondary N) is 1. The van der Waals surface area contributed by atoms with E-state index in [1.165, 1.54) is 30.5 Å². The van der Waals surface area contributed by atoms with Crippen molar-refractivity contribution in [3.8, 4) is 5.75 Å². The van der Waals surface area contributed by atoms with Crippen molar-refractivity contribution in [3.63, 3.8) is 0 Å². The van der Waals surface area contributed by atoms with Crippen LogP contribution in [0.1, 0.15) is 60.0 Å². The van der Waals surface area contributed by atoms with Crippen LogP contribution < -0.4 is 10.1 Å². The lowest BCUT2D eigenvalue weighted by atomic mass is 9.45. The molecule has 5 nitrogen and oxygen atoms in total. The summed E-state index contributed by atoms with van der Waals surface area (Å²) >= 11 is 6.06. The molecule has 3 saturated heterocycles. The molecule has 2 aromatic rings. The van der Waals surface area contributed by atoms with E-state index in [2.05, 4.69) is 28.4 Å². The molecule has 3 heterocycles. The average Bonchev–Trinajstić information content (AvgIpc) is 3.70. The Hall–Kier alpha value is -2.08. The van der Waals surface area contributed by atoms with Gasteiger partial charge in [-0.15, -0.1) is 0 Å². The first-order chi connectivity index (χ1) is 17.0. The van der Waals surface area contributed by atoms with Crippen LogP contribution in [-0.4, -0.2) is 54.8 Å². The van der Waals surface area contributed by atoms with E-state index in [4.69, 9.17) is 21.1 Å². The lowest BCUT2D eigenvalue weighted by Gasteiger charge is -2.71. The molecule has 1 spiro atoms. The summed E-state index contributed by atoms with van der Waals surface area (Å²) in [7, 11) is 1.75. The lowest BCUT2D eigenvalue weighted by Crippen LogP contribution is -2.81. The van der Waals surface area contributed by atoms with Gasteiger partial charge >= 0.3 is 0 Å². The van der Waals surface area contributed by atoms with Gasteiger partial charge in [0.25, 0.3) is 5.91 Å². The monoisotopic (exact) mass is 492 g/mol. The van der Waals surface area contributed by atoms with Crippen molar-refractivity contribution >= 4 is 17.5 Å². The van der Waals surface area contributed by atoms with Crippen LogP contribution in [0.4, 0.5) is 0 Å². The smallest absolute Gasteiger partial charge is 0.251 e. The number of hydrogen-bond acceptors (Lipinski definition) is 4. The number of carbonyl (C=O) groups is 1. The maximum absolute atomic E-state index is 13.3. The fourth-order valence-corrected chi connectivity index (χ4v) is 8.05. The predicted octanol–water partition coefficient (Wildman–Crippen LogP) is 4.75. The van der Waals surface area contributed by atoms with Crippen molar-refractivity contribution in [2.45, 2.75) is 67.5 Å². The first kappa shape index (κ1) is 22.1. The number of nitrogens with zero attached hydrogens (tertiary/aromatic N) is 1. The van der Waals surface area contributed by atoms with Crippen molar-refractivity contribution < 1.29 is 14.3 Å². The van der Waals surface area contributed by atoms with Crippen molar-refractivity contribution in [2.75, 3.05) is 26.8 Å². The number of carbonyl (C=O) groups excluding carboxylic acids is 1. The highest BCUT2D eigenvalue weighted by atomic mass is 35.5. The summed E-state index contributed by atoms with van der Waals surface area (Å²) in [6.45, 7) is 2.89. The Kier molecular flexibility index (Phi) is 4.88. The van der Waals surface area contributed by atoms with Crippen molar-refractivity contribution in [1.82, 2.24) is 10.2 Å². The third-order valence-electron chi connectivity index (χ3n) is 9.76. The van der Waals surface area contributed by atoms with Gasteiger partial charge in [-0.25, -0.2) is 0 Å². The summed E-state index contributed by atoms with van der Waals surface area (Å²) in [5.41, 5.74) is 2.81. The summed E-state index contributed by atoms with van der Waals surface area (Å²) in [4.78, 5) is 16.1. The number of halogens is 1. The molecule has 35 heavy (non-hydrogen) atoms. The van der Waals surface area contributed by atoms with Gasteiger partial charge in [-0.3, -0.25) is 9.69 Å². The van der Waals surface area contributed by atoms with Gasteiger partial charge in [-0.2, -0.15) is 0 Å². The highest BCUT2D eigenvalue weighted by Gasteiger charge is 2.71. The minimum atomic E-state index is -0.362. The third kappa shape index (κ3) is 3.24. The molecule has 184 valence electrons. The van der Waals surface area contributed by atoms with E-state index in [1.54, 1.807) is 31.4 Å². The Labute approximate surface area is 212 Å². The summed E-state index contributed by atoms with van der Waals surface area (Å²) < 4.78 is 12.7. The van der Waals surface area contributed by atoms with Gasteiger partial charge in [0.15, 0.2) is 0 Å². The van der Waals surface area contributed by atoms with Gasteiger partial charge < -0.3 is 14.8 Å². The van der Waals surface area contributed by atoms with Crippen molar-refractivity contribution in [2.24, 2.45) is 5.92 Å². The normalized spacial score (nSPS) is 35.2. The number of amides is 1. The summed E-state index contributed by atoms with van der Waals surface area (Å²) in [6.07, 6.45) is 7.71. The van der Waals surface area contributed by atoms with Crippen LogP contribution in [0.15, 0.2) is 42.5 Å². The number of piperidine rings is 1. The number of methoxy groups -OCH3 is 1. The fraction of sp³-hybridized carbons (Fsp3) is 0.552. The SMILES string of the molecule is COc1ccc2c(c1)[C@]13CCN(CC4CC4)[C@H](C2)[C@]12CC[C@@](NC(=O)c1ccc(Cl)cc1)(CO2)C3. The Morgan fingerprint density at radius 3 is 2.71 bits per heavy atom. The van der Waals surface area contributed by atoms with E-state index in [1.807, 2.05) is 0 Å². The molecule has 0 radical (unpaired) electrons. The van der Waals surface area contributed by atoms with Crippen LogP contribution in [0.25, 0.3) is 0 Å². The number of likely N-dealkylation sites (tertiary alicyclic amines) is 1. The van der Waals surface area contributed by atoms with Crippen LogP contribution >= 0.6 is 11.6 Å². The number of fused-ring (bicyclic) bond motifs is 3. The summed E-state index contributed by atoms with van der Waals surface area (Å²) in [5.74, 6) is 1.73. The molecule has 4 atom stereocenters. The van der Waals surface area contributed by atoms with E-state index in [-0.39, 0.29) is 22.5 Å². The van der Waals surface area contributed by atoms with Gasteiger partial charge in [0.05, 0.1) is 24.9 Å². The van der Waals surface area contributed by atoms with E-state index in [9.17, 15) is 4.79 Å². The molecule has 8 rings (SSSR count). The Morgan fingerprint density at radius 1 is 1.17 bits per heavy atom. The predicted molar refractivity (Wildman–Crippen MR) is 135 cm³/mol. The Morgan fingerprint density at radius 2 is 2.00 bits per heavy atom. The molecular formula is C29H33ClN2O3. The minimum absolute atomic E-state index is 0.0412. The van der Waals surface area contributed by atoms with Gasteiger partial charge in [0, 0.05) is 28.6 Å². The van der Waals surface area contributed by atoms with Crippen LogP contribution in [0.2, 0.25) is 5.02 Å². The van der Waals surface area contributed by atoms with Gasteiger partial charge in [0.1, 0.15) is 5.75 Å². The highest BCUT2D eigenvalue weighted by molar-refractivity contribution is 6.30. The molecule has 0 aromatic heterocycles. The molecule has 2 aromatic carbocycles. The quantitative estimate of drug-likeness (QED) is 0.654. The molecule has 5 fully saturated rings. The number of hydrogen-bond donors (Lipinski definition) is 1. The average molecular weight is 493 g/mol. The van der Waals surface area contributed by atoms with Crippen LogP contribution in [-0.2, 0) is 16.6 Å². The molecule has 1 amide bonds. The Bertz CT molecular complexity index is 1170. The van der Waals surface area contributed by atoms with Gasteiger partial charge in [0.2, 0.25) is 0 Å². The third-order valence-corrected chi connectivity index (χ3v) is 10.0. The number of ether oxygens (including phenoxy) is 2. The number of benzene rings is 2. The zero-order valence-electron chi connectivity index (χ0n) is 20.3. The fourth-order valence-electron chi connectivity index (χ4n) is 7.92. The zero-order valence-corrected chi connectivity index (χ0v) is 21.1. The maximum atomic E-state index is 13.3. The second kappa shape index (κ2) is 7.71. The first-order valence-corrected chi connectivity index (χ1v) is 13.5. The first-order valence-electron chi connectivity index (χ1n) is 13.1. The molecule has 4 bridgehead atoms. The van der Waals surface area contributed by atoms with Gasteiger partial charge in [-0.1, -0.05) is 17.7 Å². The molecular weight excluding hydrogens is 460 g/mol. The van der Waals surface area contributed by atoms with Crippen LogP contribution in [0, 0.1) is 5.92 Å². The molecule has 6 heteroatoms. The Balaban J connectivity index is 1.28.